The minimum Gasteiger partial charge on any atom is -0.464 e. The molecule has 1 amide bonds. The van der Waals surface area contributed by atoms with Crippen molar-refractivity contribution in [3.05, 3.63) is 83.9 Å². The summed E-state index contributed by atoms with van der Waals surface area (Å²) >= 11 is 0. The van der Waals surface area contributed by atoms with Crippen LogP contribution in [0, 0.1) is 23.7 Å². The van der Waals surface area contributed by atoms with Gasteiger partial charge in [-0.05, 0) is 86.2 Å². The number of carbonyl (C=O) groups excluding carboxylic acids is 3. The van der Waals surface area contributed by atoms with E-state index in [1.54, 1.807) is 6.08 Å². The monoisotopic (exact) mass is 629 g/mol. The van der Waals surface area contributed by atoms with Gasteiger partial charge in [0.2, 0.25) is 0 Å². The van der Waals surface area contributed by atoms with Crippen LogP contribution in [0.1, 0.15) is 94.6 Å². The molecular formula is C39H51NO6. The molecule has 4 bridgehead atoms. The largest absolute Gasteiger partial charge is 0.464 e. The van der Waals surface area contributed by atoms with Crippen LogP contribution in [-0.4, -0.2) is 36.8 Å². The van der Waals surface area contributed by atoms with E-state index < -0.39 is 18.1 Å². The Morgan fingerprint density at radius 1 is 0.717 bits per heavy atom. The van der Waals surface area contributed by atoms with Gasteiger partial charge in [-0.2, -0.15) is 0 Å². The average molecular weight is 630 g/mol. The second-order valence-electron chi connectivity index (χ2n) is 13.6. The van der Waals surface area contributed by atoms with Crippen molar-refractivity contribution in [2.75, 3.05) is 6.61 Å². The molecule has 0 radical (unpaired) electrons. The first-order chi connectivity index (χ1) is 22.5. The number of alkyl carbamates (subject to hydrolysis) is 1. The van der Waals surface area contributed by atoms with Gasteiger partial charge in [-0.25, -0.2) is 14.4 Å². The van der Waals surface area contributed by atoms with Crippen LogP contribution in [0.25, 0.3) is 0 Å². The van der Waals surface area contributed by atoms with Crippen molar-refractivity contribution < 1.29 is 28.6 Å². The number of carbonyl (C=O) groups is 3. The number of esters is 2. The molecule has 4 aliphatic rings. The molecule has 46 heavy (non-hydrogen) atoms. The highest BCUT2D eigenvalue weighted by atomic mass is 16.6. The molecule has 2 aromatic rings. The lowest BCUT2D eigenvalue weighted by Gasteiger charge is -2.53. The van der Waals surface area contributed by atoms with Crippen LogP contribution < -0.4 is 5.32 Å². The number of benzene rings is 2. The summed E-state index contributed by atoms with van der Waals surface area (Å²) in [6.45, 7) is 0.460. The molecule has 0 saturated heterocycles. The molecule has 4 saturated carbocycles. The van der Waals surface area contributed by atoms with E-state index in [0.717, 1.165) is 74.3 Å². The number of rotatable bonds is 18. The summed E-state index contributed by atoms with van der Waals surface area (Å²) in [4.78, 5) is 37.8. The average Bonchev–Trinajstić information content (AvgIpc) is 3.06. The molecule has 0 aliphatic heterocycles. The summed E-state index contributed by atoms with van der Waals surface area (Å²) < 4.78 is 16.8. The van der Waals surface area contributed by atoms with Gasteiger partial charge in [-0.15, -0.1) is 0 Å². The van der Waals surface area contributed by atoms with E-state index in [2.05, 4.69) is 5.32 Å². The van der Waals surface area contributed by atoms with Gasteiger partial charge in [0, 0.05) is 12.5 Å². The first-order valence-electron chi connectivity index (χ1n) is 17.6. The number of allylic oxidation sites excluding steroid dienone is 1. The SMILES string of the molecule is O=C(/C=C/CCCCCCCCCOC(=O)C(Cc1ccccc1)NC(=O)OCc1ccccc1)OC1C2CC3CC(C2)CC1C3. The van der Waals surface area contributed by atoms with Crippen LogP contribution in [0.5, 0.6) is 0 Å². The molecule has 4 aliphatic carbocycles. The zero-order valence-corrected chi connectivity index (χ0v) is 27.2. The van der Waals surface area contributed by atoms with E-state index in [9.17, 15) is 14.4 Å². The quantitative estimate of drug-likeness (QED) is 0.0775. The topological polar surface area (TPSA) is 90.9 Å². The van der Waals surface area contributed by atoms with Crippen LogP contribution in [-0.2, 0) is 36.8 Å². The van der Waals surface area contributed by atoms with E-state index >= 15 is 0 Å². The van der Waals surface area contributed by atoms with Crippen LogP contribution in [0.4, 0.5) is 4.79 Å². The molecule has 1 N–H and O–H groups in total. The molecule has 2 aromatic carbocycles. The van der Waals surface area contributed by atoms with E-state index in [1.165, 1.54) is 32.1 Å². The highest BCUT2D eigenvalue weighted by molar-refractivity contribution is 5.82. The van der Waals surface area contributed by atoms with Crippen molar-refractivity contribution in [1.29, 1.82) is 0 Å². The van der Waals surface area contributed by atoms with Crippen LogP contribution in [0.15, 0.2) is 72.8 Å². The van der Waals surface area contributed by atoms with E-state index in [1.807, 2.05) is 66.7 Å². The van der Waals surface area contributed by atoms with Crippen LogP contribution >= 0.6 is 0 Å². The van der Waals surface area contributed by atoms with Gasteiger partial charge in [-0.1, -0.05) is 98.8 Å². The van der Waals surface area contributed by atoms with Gasteiger partial charge < -0.3 is 19.5 Å². The van der Waals surface area contributed by atoms with Crippen molar-refractivity contribution in [2.24, 2.45) is 23.7 Å². The Balaban J connectivity index is 0.894. The number of amides is 1. The summed E-state index contributed by atoms with van der Waals surface area (Å²) in [5, 5.41) is 2.69. The van der Waals surface area contributed by atoms with Gasteiger partial charge in [0.15, 0.2) is 0 Å². The van der Waals surface area contributed by atoms with E-state index in [0.29, 0.717) is 24.9 Å². The predicted octanol–water partition coefficient (Wildman–Crippen LogP) is 8.11. The van der Waals surface area contributed by atoms with Crippen molar-refractivity contribution in [3.8, 4) is 0 Å². The molecule has 7 nitrogen and oxygen atoms in total. The van der Waals surface area contributed by atoms with E-state index in [4.69, 9.17) is 14.2 Å². The first kappa shape index (κ1) is 33.7. The van der Waals surface area contributed by atoms with Gasteiger partial charge in [0.05, 0.1) is 6.61 Å². The van der Waals surface area contributed by atoms with Gasteiger partial charge >= 0.3 is 18.0 Å². The molecule has 6 rings (SSSR count). The fraction of sp³-hybridized carbons (Fsp3) is 0.564. The predicted molar refractivity (Wildman–Crippen MR) is 178 cm³/mol. The smallest absolute Gasteiger partial charge is 0.408 e. The van der Waals surface area contributed by atoms with Crippen molar-refractivity contribution in [2.45, 2.75) is 109 Å². The third kappa shape index (κ3) is 10.7. The standard InChI is InChI=1S/C39H51NO6/c41-36(46-37-33-23-31-22-32(25-33)26-34(37)24-31)20-14-6-4-2-1-3-5-7-15-21-44-38(42)35(27-29-16-10-8-11-17-29)40-39(43)45-28-30-18-12-9-13-19-30/h8-14,16-20,31-35,37H,1-7,15,21-28H2,(H,40,43)/b20-14+. The highest BCUT2D eigenvalue weighted by Crippen LogP contribution is 2.54. The van der Waals surface area contributed by atoms with Crippen molar-refractivity contribution >= 4 is 18.0 Å². The zero-order chi connectivity index (χ0) is 32.0. The lowest BCUT2D eigenvalue weighted by molar-refractivity contribution is -0.165. The van der Waals surface area contributed by atoms with Crippen molar-refractivity contribution in [1.82, 2.24) is 5.32 Å². The third-order valence-electron chi connectivity index (χ3n) is 9.98. The second kappa shape index (κ2) is 17.9. The van der Waals surface area contributed by atoms with Gasteiger partial charge in [0.25, 0.3) is 0 Å². The van der Waals surface area contributed by atoms with Crippen LogP contribution in [0.3, 0.4) is 0 Å². The summed E-state index contributed by atoms with van der Waals surface area (Å²) in [6.07, 6.45) is 18.2. The summed E-state index contributed by atoms with van der Waals surface area (Å²) in [5.41, 5.74) is 1.81. The maximum absolute atomic E-state index is 12.9. The normalized spacial score (nSPS) is 23.6. The molecule has 248 valence electrons. The van der Waals surface area contributed by atoms with Crippen LogP contribution in [0.2, 0.25) is 0 Å². The maximum Gasteiger partial charge on any atom is 0.408 e. The Hall–Kier alpha value is -3.61. The first-order valence-corrected chi connectivity index (χ1v) is 17.6. The van der Waals surface area contributed by atoms with Gasteiger partial charge in [0.1, 0.15) is 18.8 Å². The Kier molecular flexibility index (Phi) is 13.1. The van der Waals surface area contributed by atoms with Crippen molar-refractivity contribution in [3.63, 3.8) is 0 Å². The molecule has 7 heteroatoms. The summed E-state index contributed by atoms with van der Waals surface area (Å²) in [6, 6.07) is 18.2. The number of unbranched alkanes of at least 4 members (excludes halogenated alkanes) is 7. The third-order valence-corrected chi connectivity index (χ3v) is 9.98. The highest BCUT2D eigenvalue weighted by Gasteiger charge is 2.49. The molecule has 4 fully saturated rings. The molecule has 1 atom stereocenters. The minimum atomic E-state index is -0.820. The van der Waals surface area contributed by atoms with E-state index in [-0.39, 0.29) is 18.7 Å². The molecule has 0 aromatic heterocycles. The lowest BCUT2D eigenvalue weighted by atomic mass is 9.55. The molecular weight excluding hydrogens is 578 g/mol. The molecule has 0 heterocycles. The lowest BCUT2D eigenvalue weighted by Crippen LogP contribution is -2.49. The Morgan fingerprint density at radius 2 is 1.30 bits per heavy atom. The molecule has 1 unspecified atom stereocenters. The number of ether oxygens (including phenoxy) is 3. The Morgan fingerprint density at radius 3 is 1.96 bits per heavy atom. The van der Waals surface area contributed by atoms with Gasteiger partial charge in [-0.3, -0.25) is 0 Å². The number of hydrogen-bond acceptors (Lipinski definition) is 6. The summed E-state index contributed by atoms with van der Waals surface area (Å²) in [7, 11) is 0. The fourth-order valence-corrected chi connectivity index (χ4v) is 7.89. The maximum atomic E-state index is 12.9. The Bertz CT molecular complexity index is 1230. The Labute approximate surface area is 274 Å². The number of nitrogens with one attached hydrogen (secondary N) is 1. The minimum absolute atomic E-state index is 0.132. The zero-order valence-electron chi connectivity index (χ0n) is 27.2. The molecule has 0 spiro atoms. The fourth-order valence-electron chi connectivity index (χ4n) is 7.89. The second-order valence-corrected chi connectivity index (χ2v) is 13.6. The number of hydrogen-bond donors (Lipinski definition) is 1. The summed E-state index contributed by atoms with van der Waals surface area (Å²) in [5.74, 6) is 2.39.